The van der Waals surface area contributed by atoms with E-state index in [-0.39, 0.29) is 12.1 Å². The largest absolute Gasteiger partial charge is 0.379 e. The third kappa shape index (κ3) is 3.84. The summed E-state index contributed by atoms with van der Waals surface area (Å²) in [5, 5.41) is 4.43. The number of aromatic nitrogens is 2. The van der Waals surface area contributed by atoms with Crippen molar-refractivity contribution in [1.82, 2.24) is 9.97 Å². The molecular weight excluding hydrogens is 326 g/mol. The van der Waals surface area contributed by atoms with Crippen LogP contribution in [0.1, 0.15) is 13.3 Å². The minimum Gasteiger partial charge on any atom is -0.379 e. The minimum absolute atomic E-state index is 0.111. The van der Waals surface area contributed by atoms with Crippen molar-refractivity contribution in [3.05, 3.63) is 54.6 Å². The number of fused-ring (bicyclic) bond motifs is 1. The molecule has 0 aliphatic carbocycles. The number of para-hydroxylation sites is 1. The van der Waals surface area contributed by atoms with E-state index >= 15 is 0 Å². The van der Waals surface area contributed by atoms with E-state index in [1.807, 2.05) is 36.4 Å². The molecule has 0 bridgehead atoms. The molecule has 2 heterocycles. The van der Waals surface area contributed by atoms with Crippen LogP contribution in [0.25, 0.3) is 22.2 Å². The van der Waals surface area contributed by atoms with Crippen molar-refractivity contribution in [3.63, 3.8) is 0 Å². The SMILES string of the molecule is CC(COC1CCOC1)Nc1nc(-c2ccccc2)c2ccccc2n1. The third-order valence-corrected chi connectivity index (χ3v) is 4.50. The molecule has 5 heteroatoms. The fraction of sp³-hybridized carbons (Fsp3) is 0.333. The molecule has 2 atom stereocenters. The normalized spacial score (nSPS) is 18.1. The Kier molecular flexibility index (Phi) is 5.09. The van der Waals surface area contributed by atoms with Crippen molar-refractivity contribution < 1.29 is 9.47 Å². The molecule has 2 aromatic carbocycles. The Bertz CT molecular complexity index is 864. The van der Waals surface area contributed by atoms with Crippen molar-refractivity contribution in [2.45, 2.75) is 25.5 Å². The van der Waals surface area contributed by atoms with Crippen molar-refractivity contribution in [1.29, 1.82) is 0 Å². The molecule has 0 radical (unpaired) electrons. The molecule has 26 heavy (non-hydrogen) atoms. The molecule has 1 saturated heterocycles. The smallest absolute Gasteiger partial charge is 0.224 e. The number of nitrogens with one attached hydrogen (secondary N) is 1. The molecule has 1 aromatic heterocycles. The second-order valence-electron chi connectivity index (χ2n) is 6.64. The molecule has 4 rings (SSSR count). The van der Waals surface area contributed by atoms with Gasteiger partial charge in [-0.25, -0.2) is 9.97 Å². The minimum atomic E-state index is 0.111. The van der Waals surface area contributed by atoms with Gasteiger partial charge in [-0.2, -0.15) is 0 Å². The van der Waals surface area contributed by atoms with Gasteiger partial charge in [0, 0.05) is 23.6 Å². The quantitative estimate of drug-likeness (QED) is 0.731. The molecule has 3 aromatic rings. The van der Waals surface area contributed by atoms with E-state index in [4.69, 9.17) is 14.5 Å². The summed E-state index contributed by atoms with van der Waals surface area (Å²) >= 11 is 0. The summed E-state index contributed by atoms with van der Waals surface area (Å²) in [6, 6.07) is 18.4. The molecule has 2 unspecified atom stereocenters. The van der Waals surface area contributed by atoms with Gasteiger partial charge in [-0.3, -0.25) is 0 Å². The lowest BCUT2D eigenvalue weighted by molar-refractivity contribution is 0.0394. The van der Waals surface area contributed by atoms with Crippen molar-refractivity contribution >= 4 is 16.9 Å². The summed E-state index contributed by atoms with van der Waals surface area (Å²) in [5.41, 5.74) is 2.96. The Morgan fingerprint density at radius 3 is 2.73 bits per heavy atom. The third-order valence-electron chi connectivity index (χ3n) is 4.50. The first kappa shape index (κ1) is 16.9. The van der Waals surface area contributed by atoms with Gasteiger partial charge >= 0.3 is 0 Å². The monoisotopic (exact) mass is 349 g/mol. The second kappa shape index (κ2) is 7.81. The van der Waals surface area contributed by atoms with Crippen LogP contribution in [0.4, 0.5) is 5.95 Å². The Balaban J connectivity index is 1.57. The number of hydrogen-bond acceptors (Lipinski definition) is 5. The maximum atomic E-state index is 5.90. The van der Waals surface area contributed by atoms with E-state index < -0.39 is 0 Å². The van der Waals surface area contributed by atoms with Crippen LogP contribution in [0.5, 0.6) is 0 Å². The van der Waals surface area contributed by atoms with Gasteiger partial charge < -0.3 is 14.8 Å². The summed E-state index contributed by atoms with van der Waals surface area (Å²) < 4.78 is 11.2. The Morgan fingerprint density at radius 2 is 1.92 bits per heavy atom. The van der Waals surface area contributed by atoms with Crippen molar-refractivity contribution in [3.8, 4) is 11.3 Å². The summed E-state index contributed by atoms with van der Waals surface area (Å²) in [7, 11) is 0. The predicted molar refractivity (Wildman–Crippen MR) is 103 cm³/mol. The molecule has 134 valence electrons. The van der Waals surface area contributed by atoms with E-state index in [2.05, 4.69) is 35.4 Å². The zero-order chi connectivity index (χ0) is 17.8. The highest BCUT2D eigenvalue weighted by Gasteiger charge is 2.17. The molecular formula is C21H23N3O2. The zero-order valence-corrected chi connectivity index (χ0v) is 14.9. The molecule has 1 fully saturated rings. The number of hydrogen-bond donors (Lipinski definition) is 1. The van der Waals surface area contributed by atoms with Gasteiger partial charge in [0.1, 0.15) is 0 Å². The summed E-state index contributed by atoms with van der Waals surface area (Å²) in [6.45, 7) is 4.17. The first-order valence-electron chi connectivity index (χ1n) is 9.07. The van der Waals surface area contributed by atoms with Crippen LogP contribution in [-0.4, -0.2) is 41.9 Å². The van der Waals surface area contributed by atoms with Gasteiger partial charge in [0.05, 0.1) is 30.5 Å². The maximum Gasteiger partial charge on any atom is 0.224 e. The number of anilines is 1. The fourth-order valence-electron chi connectivity index (χ4n) is 3.14. The van der Waals surface area contributed by atoms with Crippen molar-refractivity contribution in [2.24, 2.45) is 0 Å². The predicted octanol–water partition coefficient (Wildman–Crippen LogP) is 3.90. The second-order valence-corrected chi connectivity index (χ2v) is 6.64. The number of benzene rings is 2. The number of ether oxygens (including phenoxy) is 2. The number of rotatable bonds is 6. The fourth-order valence-corrected chi connectivity index (χ4v) is 3.14. The lowest BCUT2D eigenvalue weighted by atomic mass is 10.1. The summed E-state index contributed by atoms with van der Waals surface area (Å²) in [5.74, 6) is 0.626. The Labute approximate surface area is 153 Å². The molecule has 1 aliphatic heterocycles. The van der Waals surface area contributed by atoms with Crippen LogP contribution < -0.4 is 5.32 Å². The lowest BCUT2D eigenvalue weighted by Crippen LogP contribution is -2.26. The van der Waals surface area contributed by atoms with Gasteiger partial charge in [0.25, 0.3) is 0 Å². The van der Waals surface area contributed by atoms with E-state index in [0.29, 0.717) is 19.2 Å². The highest BCUT2D eigenvalue weighted by Crippen LogP contribution is 2.27. The van der Waals surface area contributed by atoms with Gasteiger partial charge in [0.15, 0.2) is 0 Å². The topological polar surface area (TPSA) is 56.3 Å². The Morgan fingerprint density at radius 1 is 1.12 bits per heavy atom. The van der Waals surface area contributed by atoms with E-state index in [1.165, 1.54) is 0 Å². The van der Waals surface area contributed by atoms with Crippen LogP contribution in [0.3, 0.4) is 0 Å². The number of nitrogens with zero attached hydrogens (tertiary/aromatic N) is 2. The average molecular weight is 349 g/mol. The van der Waals surface area contributed by atoms with Crippen molar-refractivity contribution in [2.75, 3.05) is 25.1 Å². The average Bonchev–Trinajstić information content (AvgIpc) is 3.20. The van der Waals surface area contributed by atoms with Crippen LogP contribution in [0.2, 0.25) is 0 Å². The standard InChI is InChI=1S/C21H23N3O2/c1-15(13-26-17-11-12-25-14-17)22-21-23-19-10-6-5-9-18(19)20(24-21)16-7-3-2-4-8-16/h2-10,15,17H,11-14H2,1H3,(H,22,23,24). The highest BCUT2D eigenvalue weighted by atomic mass is 16.5. The van der Waals surface area contributed by atoms with E-state index in [0.717, 1.165) is 35.2 Å². The van der Waals surface area contributed by atoms with Crippen LogP contribution >= 0.6 is 0 Å². The molecule has 5 nitrogen and oxygen atoms in total. The van der Waals surface area contributed by atoms with Crippen LogP contribution in [0, 0.1) is 0 Å². The summed E-state index contributed by atoms with van der Waals surface area (Å²) in [6.07, 6.45) is 1.17. The highest BCUT2D eigenvalue weighted by molar-refractivity contribution is 5.93. The molecule has 1 N–H and O–H groups in total. The zero-order valence-electron chi connectivity index (χ0n) is 14.9. The molecule has 0 amide bonds. The molecule has 0 saturated carbocycles. The van der Waals surface area contributed by atoms with Crippen LogP contribution in [0.15, 0.2) is 54.6 Å². The van der Waals surface area contributed by atoms with Gasteiger partial charge in [-0.1, -0.05) is 48.5 Å². The first-order valence-corrected chi connectivity index (χ1v) is 9.07. The van der Waals surface area contributed by atoms with Crippen LogP contribution in [-0.2, 0) is 9.47 Å². The Hall–Kier alpha value is -2.50. The van der Waals surface area contributed by atoms with Gasteiger partial charge in [0.2, 0.25) is 5.95 Å². The molecule has 0 spiro atoms. The summed E-state index contributed by atoms with van der Waals surface area (Å²) in [4.78, 5) is 9.47. The lowest BCUT2D eigenvalue weighted by Gasteiger charge is -2.18. The molecule has 1 aliphatic rings. The van der Waals surface area contributed by atoms with E-state index in [9.17, 15) is 0 Å². The van der Waals surface area contributed by atoms with E-state index in [1.54, 1.807) is 0 Å². The maximum absolute atomic E-state index is 5.90. The van der Waals surface area contributed by atoms with Gasteiger partial charge in [-0.15, -0.1) is 0 Å². The van der Waals surface area contributed by atoms with Gasteiger partial charge in [-0.05, 0) is 19.4 Å². The first-order chi connectivity index (χ1) is 12.8.